The van der Waals surface area contributed by atoms with Crippen molar-refractivity contribution >= 4 is 17.4 Å². The summed E-state index contributed by atoms with van der Waals surface area (Å²) in [5, 5.41) is 7.66. The van der Waals surface area contributed by atoms with E-state index in [9.17, 15) is 0 Å². The number of pyridine rings is 1. The fourth-order valence-corrected chi connectivity index (χ4v) is 1.89. The van der Waals surface area contributed by atoms with Crippen LogP contribution in [0.5, 0.6) is 17.4 Å². The van der Waals surface area contributed by atoms with Crippen LogP contribution in [0.4, 0.5) is 0 Å². The van der Waals surface area contributed by atoms with Gasteiger partial charge in [0.1, 0.15) is 22.4 Å². The van der Waals surface area contributed by atoms with Gasteiger partial charge in [-0.3, -0.25) is 5.41 Å². The van der Waals surface area contributed by atoms with E-state index in [1.165, 1.54) is 6.20 Å². The summed E-state index contributed by atoms with van der Waals surface area (Å²) in [6, 6.07) is 8.73. The number of halogens is 1. The van der Waals surface area contributed by atoms with Crippen molar-refractivity contribution in [3.63, 3.8) is 0 Å². The van der Waals surface area contributed by atoms with Crippen molar-refractivity contribution in [2.24, 2.45) is 5.73 Å². The molecule has 0 aliphatic heterocycles. The molecule has 3 N–H and O–H groups in total. The topological polar surface area (TPSA) is 81.2 Å². The molecule has 6 heteroatoms. The average Bonchev–Trinajstić information content (AvgIpc) is 2.48. The molecule has 2 rings (SSSR count). The number of nitrogens with zero attached hydrogens (tertiary/aromatic N) is 1. The third-order valence-corrected chi connectivity index (χ3v) is 3.02. The van der Waals surface area contributed by atoms with Crippen molar-refractivity contribution in [1.29, 1.82) is 5.41 Å². The predicted octanol–water partition coefficient (Wildman–Crippen LogP) is 3.60. The predicted molar refractivity (Wildman–Crippen MR) is 82.6 cm³/mol. The summed E-state index contributed by atoms with van der Waals surface area (Å²) in [6.45, 7) is 2.72. The Bertz CT molecular complexity index is 629. The fraction of sp³-hybridized carbons (Fsp3) is 0.200. The van der Waals surface area contributed by atoms with E-state index in [1.807, 2.05) is 19.1 Å². The third kappa shape index (κ3) is 3.86. The van der Waals surface area contributed by atoms with Crippen LogP contribution in [0.3, 0.4) is 0 Å². The maximum Gasteiger partial charge on any atom is 0.238 e. The van der Waals surface area contributed by atoms with Crippen molar-refractivity contribution in [2.75, 3.05) is 6.61 Å². The molecule has 1 heterocycles. The minimum Gasteiger partial charge on any atom is -0.494 e. The van der Waals surface area contributed by atoms with Gasteiger partial charge in [0.2, 0.25) is 5.88 Å². The van der Waals surface area contributed by atoms with Crippen molar-refractivity contribution in [3.05, 3.63) is 47.1 Å². The van der Waals surface area contributed by atoms with Gasteiger partial charge in [0, 0.05) is 11.8 Å². The Kier molecular flexibility index (Phi) is 5.00. The van der Waals surface area contributed by atoms with Crippen LogP contribution in [-0.4, -0.2) is 17.4 Å². The molecule has 1 aromatic heterocycles. The number of benzene rings is 1. The van der Waals surface area contributed by atoms with E-state index in [4.69, 9.17) is 32.2 Å². The molecule has 0 unspecified atom stereocenters. The van der Waals surface area contributed by atoms with E-state index in [1.54, 1.807) is 18.2 Å². The van der Waals surface area contributed by atoms with Crippen LogP contribution in [0.1, 0.15) is 18.9 Å². The summed E-state index contributed by atoms with van der Waals surface area (Å²) in [7, 11) is 0. The average molecular weight is 306 g/mol. The van der Waals surface area contributed by atoms with Gasteiger partial charge in [-0.05, 0) is 36.8 Å². The quantitative estimate of drug-likeness (QED) is 0.631. The Labute approximate surface area is 128 Å². The Hall–Kier alpha value is -2.27. The molecule has 0 aliphatic rings. The molecule has 2 aromatic rings. The molecule has 0 fully saturated rings. The number of hydrogen-bond acceptors (Lipinski definition) is 4. The Morgan fingerprint density at radius 2 is 1.90 bits per heavy atom. The van der Waals surface area contributed by atoms with E-state index in [0.29, 0.717) is 17.9 Å². The highest BCUT2D eigenvalue weighted by molar-refractivity contribution is 6.35. The second kappa shape index (κ2) is 6.95. The Morgan fingerprint density at radius 3 is 2.52 bits per heavy atom. The lowest BCUT2D eigenvalue weighted by Gasteiger charge is -2.10. The summed E-state index contributed by atoms with van der Waals surface area (Å²) in [6.07, 6.45) is 2.45. The number of nitrogens with two attached hydrogens (primary N) is 1. The molecule has 0 atom stereocenters. The van der Waals surface area contributed by atoms with Crippen LogP contribution in [0.25, 0.3) is 0 Å². The van der Waals surface area contributed by atoms with Crippen LogP contribution in [0.15, 0.2) is 36.5 Å². The molecule has 0 spiro atoms. The van der Waals surface area contributed by atoms with Crippen LogP contribution in [0.2, 0.25) is 5.02 Å². The summed E-state index contributed by atoms with van der Waals surface area (Å²) in [5.74, 6) is 1.44. The standard InChI is InChI=1S/C15H16ClN3O2/c1-2-9-20-10-3-5-11(6-4-10)21-15-13(16)12(14(17)18)7-8-19-15/h3-8H,2,9H2,1H3,(H3,17,18). The van der Waals surface area contributed by atoms with E-state index in [0.717, 1.165) is 12.2 Å². The number of ether oxygens (including phenoxy) is 2. The number of nitrogen functional groups attached to an aromatic ring is 1. The normalized spacial score (nSPS) is 10.2. The van der Waals surface area contributed by atoms with Crippen molar-refractivity contribution in [3.8, 4) is 17.4 Å². The molecule has 0 amide bonds. The molecule has 0 radical (unpaired) electrons. The minimum absolute atomic E-state index is 0.129. The van der Waals surface area contributed by atoms with Crippen molar-refractivity contribution < 1.29 is 9.47 Å². The van der Waals surface area contributed by atoms with Gasteiger partial charge in [0.05, 0.1) is 6.61 Å². The molecule has 5 nitrogen and oxygen atoms in total. The van der Waals surface area contributed by atoms with Crippen LogP contribution in [-0.2, 0) is 0 Å². The Balaban J connectivity index is 2.15. The van der Waals surface area contributed by atoms with Gasteiger partial charge in [-0.1, -0.05) is 18.5 Å². The van der Waals surface area contributed by atoms with Gasteiger partial charge >= 0.3 is 0 Å². The maximum absolute atomic E-state index is 7.44. The van der Waals surface area contributed by atoms with E-state index < -0.39 is 0 Å². The second-order valence-corrected chi connectivity index (χ2v) is 4.69. The number of amidine groups is 1. The number of hydrogen-bond donors (Lipinski definition) is 2. The van der Waals surface area contributed by atoms with Gasteiger partial charge in [-0.15, -0.1) is 0 Å². The first-order valence-corrected chi connectivity index (χ1v) is 6.89. The van der Waals surface area contributed by atoms with Crippen molar-refractivity contribution in [2.45, 2.75) is 13.3 Å². The smallest absolute Gasteiger partial charge is 0.238 e. The Morgan fingerprint density at radius 1 is 1.24 bits per heavy atom. The van der Waals surface area contributed by atoms with Crippen LogP contribution < -0.4 is 15.2 Å². The summed E-state index contributed by atoms with van der Waals surface area (Å²) in [4.78, 5) is 4.05. The molecule has 110 valence electrons. The number of nitrogens with one attached hydrogen (secondary N) is 1. The maximum atomic E-state index is 7.44. The molecular formula is C15H16ClN3O2. The first-order chi connectivity index (χ1) is 10.1. The van der Waals surface area contributed by atoms with Gasteiger partial charge in [-0.25, -0.2) is 4.98 Å². The molecule has 0 saturated carbocycles. The van der Waals surface area contributed by atoms with Gasteiger partial charge < -0.3 is 15.2 Å². The van der Waals surface area contributed by atoms with Crippen LogP contribution >= 0.6 is 11.6 Å². The molecular weight excluding hydrogens is 290 g/mol. The van der Waals surface area contributed by atoms with E-state index >= 15 is 0 Å². The van der Waals surface area contributed by atoms with Crippen molar-refractivity contribution in [1.82, 2.24) is 4.98 Å². The fourth-order valence-electron chi connectivity index (χ4n) is 1.64. The zero-order chi connectivity index (χ0) is 15.2. The highest BCUT2D eigenvalue weighted by Crippen LogP contribution is 2.30. The van der Waals surface area contributed by atoms with Crippen LogP contribution in [0, 0.1) is 5.41 Å². The first kappa shape index (κ1) is 15.1. The van der Waals surface area contributed by atoms with E-state index in [2.05, 4.69) is 4.98 Å². The lowest BCUT2D eigenvalue weighted by atomic mass is 10.2. The number of aromatic nitrogens is 1. The highest BCUT2D eigenvalue weighted by atomic mass is 35.5. The molecule has 0 saturated heterocycles. The number of rotatable bonds is 6. The molecule has 0 bridgehead atoms. The molecule has 0 aliphatic carbocycles. The minimum atomic E-state index is -0.129. The first-order valence-electron chi connectivity index (χ1n) is 6.51. The zero-order valence-electron chi connectivity index (χ0n) is 11.6. The summed E-state index contributed by atoms with van der Waals surface area (Å²) < 4.78 is 11.1. The third-order valence-electron chi connectivity index (χ3n) is 2.66. The van der Waals surface area contributed by atoms with Gasteiger partial charge in [0.15, 0.2) is 0 Å². The lowest BCUT2D eigenvalue weighted by Crippen LogP contribution is -2.12. The monoisotopic (exact) mass is 305 g/mol. The largest absolute Gasteiger partial charge is 0.494 e. The lowest BCUT2D eigenvalue weighted by molar-refractivity contribution is 0.317. The van der Waals surface area contributed by atoms with Gasteiger partial charge in [-0.2, -0.15) is 0 Å². The van der Waals surface area contributed by atoms with Gasteiger partial charge in [0.25, 0.3) is 0 Å². The molecule has 1 aromatic carbocycles. The molecule has 21 heavy (non-hydrogen) atoms. The van der Waals surface area contributed by atoms with E-state index in [-0.39, 0.29) is 16.7 Å². The zero-order valence-corrected chi connectivity index (χ0v) is 12.4. The highest BCUT2D eigenvalue weighted by Gasteiger charge is 2.11. The summed E-state index contributed by atoms with van der Waals surface area (Å²) in [5.41, 5.74) is 5.84. The summed E-state index contributed by atoms with van der Waals surface area (Å²) >= 11 is 6.12. The second-order valence-electron chi connectivity index (χ2n) is 4.31. The SMILES string of the molecule is CCCOc1ccc(Oc2nccc(C(=N)N)c2Cl)cc1.